The number of benzene rings is 2. The van der Waals surface area contributed by atoms with Crippen molar-refractivity contribution in [1.29, 1.82) is 0 Å². The van der Waals surface area contributed by atoms with Crippen molar-refractivity contribution in [1.82, 2.24) is 9.97 Å². The zero-order valence-corrected chi connectivity index (χ0v) is 18.6. The fourth-order valence-corrected chi connectivity index (χ4v) is 3.58. The zero-order chi connectivity index (χ0) is 23.2. The van der Waals surface area contributed by atoms with E-state index in [9.17, 15) is 9.90 Å². The molecule has 4 rings (SSSR count). The van der Waals surface area contributed by atoms with E-state index in [2.05, 4.69) is 9.97 Å². The van der Waals surface area contributed by atoms with Gasteiger partial charge in [-0.25, -0.2) is 4.79 Å². The molecule has 0 spiro atoms. The lowest BCUT2D eigenvalue weighted by molar-refractivity contribution is 0.116. The summed E-state index contributed by atoms with van der Waals surface area (Å²) in [5.74, 6) is 0.674. The number of anilines is 1. The van der Waals surface area contributed by atoms with Gasteiger partial charge >= 0.3 is 6.09 Å². The zero-order valence-electron chi connectivity index (χ0n) is 18.6. The molecule has 7 heteroatoms. The Morgan fingerprint density at radius 2 is 1.91 bits per heavy atom. The quantitative estimate of drug-likeness (QED) is 0.388. The number of rotatable bonds is 8. The first-order valence-electron chi connectivity index (χ1n) is 10.9. The molecule has 2 aromatic heterocycles. The number of aliphatic hydroxyl groups excluding tert-OH is 1. The summed E-state index contributed by atoms with van der Waals surface area (Å²) in [6, 6.07) is 19.1. The molecule has 33 heavy (non-hydrogen) atoms. The van der Waals surface area contributed by atoms with Gasteiger partial charge in [-0.2, -0.15) is 0 Å². The van der Waals surface area contributed by atoms with Gasteiger partial charge in [0.1, 0.15) is 12.4 Å². The van der Waals surface area contributed by atoms with E-state index in [0.29, 0.717) is 23.6 Å². The van der Waals surface area contributed by atoms with E-state index >= 15 is 0 Å². The summed E-state index contributed by atoms with van der Waals surface area (Å²) in [4.78, 5) is 21.7. The standard InChI is InChI=1S/C26H27N3O4/c1-18(2)33-26(31)29(16-23(30)20-10-7-13-27-14-20)22-15-28-25-21(22)11-6-12-24(25)32-17-19-8-4-3-5-9-19/h3-15,18,23,28,30H,16-17H2,1-2H3/t23-/m0/s1. The van der Waals surface area contributed by atoms with Gasteiger partial charge in [0.05, 0.1) is 30.0 Å². The molecule has 0 bridgehead atoms. The molecule has 0 radical (unpaired) electrons. The number of amides is 1. The lowest BCUT2D eigenvalue weighted by Crippen LogP contribution is -2.36. The third-order valence-corrected chi connectivity index (χ3v) is 5.16. The molecule has 2 heterocycles. The molecule has 4 aromatic rings. The van der Waals surface area contributed by atoms with E-state index in [1.54, 1.807) is 44.6 Å². The summed E-state index contributed by atoms with van der Waals surface area (Å²) in [7, 11) is 0. The summed E-state index contributed by atoms with van der Waals surface area (Å²) in [5.41, 5.74) is 3.04. The van der Waals surface area contributed by atoms with Crippen LogP contribution in [0.5, 0.6) is 5.75 Å². The number of H-pyrrole nitrogens is 1. The molecule has 0 saturated heterocycles. The maximum absolute atomic E-state index is 13.0. The SMILES string of the molecule is CC(C)OC(=O)N(C[C@H](O)c1cccnc1)c1c[nH]c2c(OCc3ccccc3)cccc12. The predicted octanol–water partition coefficient (Wildman–Crippen LogP) is 5.23. The largest absolute Gasteiger partial charge is 0.487 e. The van der Waals surface area contributed by atoms with Gasteiger partial charge in [0.2, 0.25) is 0 Å². The van der Waals surface area contributed by atoms with Crippen LogP contribution in [0.15, 0.2) is 79.3 Å². The van der Waals surface area contributed by atoms with E-state index < -0.39 is 12.2 Å². The van der Waals surface area contributed by atoms with Gasteiger partial charge in [-0.1, -0.05) is 48.5 Å². The fraction of sp³-hybridized carbons (Fsp3) is 0.231. The Morgan fingerprint density at radius 3 is 2.64 bits per heavy atom. The highest BCUT2D eigenvalue weighted by Crippen LogP contribution is 2.34. The van der Waals surface area contributed by atoms with Gasteiger partial charge < -0.3 is 19.6 Å². The van der Waals surface area contributed by atoms with Crippen molar-refractivity contribution >= 4 is 22.7 Å². The molecule has 0 saturated carbocycles. The number of hydrogen-bond donors (Lipinski definition) is 2. The Balaban J connectivity index is 1.64. The molecule has 0 aliphatic carbocycles. The van der Waals surface area contributed by atoms with Crippen LogP contribution in [0.3, 0.4) is 0 Å². The van der Waals surface area contributed by atoms with Crippen molar-refractivity contribution in [2.45, 2.75) is 32.7 Å². The molecular weight excluding hydrogens is 418 g/mol. The van der Waals surface area contributed by atoms with Crippen LogP contribution in [0, 0.1) is 0 Å². The Bertz CT molecular complexity index is 1190. The number of pyridine rings is 1. The highest BCUT2D eigenvalue weighted by atomic mass is 16.6. The van der Waals surface area contributed by atoms with Gasteiger partial charge in [0.15, 0.2) is 0 Å². The second-order valence-corrected chi connectivity index (χ2v) is 7.97. The summed E-state index contributed by atoms with van der Waals surface area (Å²) in [6.45, 7) is 4.02. The third kappa shape index (κ3) is 5.32. The van der Waals surface area contributed by atoms with Crippen molar-refractivity contribution in [3.05, 3.63) is 90.4 Å². The second-order valence-electron chi connectivity index (χ2n) is 7.97. The number of aromatic nitrogens is 2. The molecule has 0 fully saturated rings. The minimum atomic E-state index is -0.930. The van der Waals surface area contributed by atoms with Crippen molar-refractivity contribution in [3.8, 4) is 5.75 Å². The third-order valence-electron chi connectivity index (χ3n) is 5.16. The number of aliphatic hydroxyl groups is 1. The molecule has 2 N–H and O–H groups in total. The molecule has 1 amide bonds. The molecular formula is C26H27N3O4. The highest BCUT2D eigenvalue weighted by molar-refractivity contribution is 6.03. The van der Waals surface area contributed by atoms with Crippen LogP contribution < -0.4 is 9.64 Å². The molecule has 1 atom stereocenters. The van der Waals surface area contributed by atoms with E-state index in [4.69, 9.17) is 9.47 Å². The van der Waals surface area contributed by atoms with Crippen LogP contribution in [-0.4, -0.2) is 33.8 Å². The van der Waals surface area contributed by atoms with Gasteiger partial charge in [0, 0.05) is 29.5 Å². The second kappa shape index (κ2) is 10.2. The van der Waals surface area contributed by atoms with Crippen LogP contribution in [0.2, 0.25) is 0 Å². The van der Waals surface area contributed by atoms with Crippen LogP contribution >= 0.6 is 0 Å². The minimum absolute atomic E-state index is 0.0132. The monoisotopic (exact) mass is 445 g/mol. The predicted molar refractivity (Wildman–Crippen MR) is 127 cm³/mol. The Morgan fingerprint density at radius 1 is 1.09 bits per heavy atom. The van der Waals surface area contributed by atoms with Crippen molar-refractivity contribution in [3.63, 3.8) is 0 Å². The lowest BCUT2D eigenvalue weighted by atomic mass is 10.1. The number of para-hydroxylation sites is 1. The lowest BCUT2D eigenvalue weighted by Gasteiger charge is -2.25. The van der Waals surface area contributed by atoms with E-state index in [0.717, 1.165) is 16.5 Å². The number of fused-ring (bicyclic) bond motifs is 1. The molecule has 170 valence electrons. The van der Waals surface area contributed by atoms with Crippen LogP contribution in [0.4, 0.5) is 10.5 Å². The van der Waals surface area contributed by atoms with Gasteiger partial charge in [-0.3, -0.25) is 9.88 Å². The summed E-state index contributed by atoms with van der Waals surface area (Å²) in [5, 5.41) is 11.6. The van der Waals surface area contributed by atoms with Crippen LogP contribution in [-0.2, 0) is 11.3 Å². The summed E-state index contributed by atoms with van der Waals surface area (Å²) >= 11 is 0. The van der Waals surface area contributed by atoms with E-state index in [1.807, 2.05) is 48.5 Å². The summed E-state index contributed by atoms with van der Waals surface area (Å²) in [6.07, 6.45) is 3.19. The maximum Gasteiger partial charge on any atom is 0.414 e. The van der Waals surface area contributed by atoms with Crippen molar-refractivity contribution in [2.24, 2.45) is 0 Å². The van der Waals surface area contributed by atoms with E-state index in [-0.39, 0.29) is 12.6 Å². The summed E-state index contributed by atoms with van der Waals surface area (Å²) < 4.78 is 11.5. The number of carbonyl (C=O) groups excluding carboxylic acids is 1. The number of hydrogen-bond acceptors (Lipinski definition) is 5. The Hall–Kier alpha value is -3.84. The first-order chi connectivity index (χ1) is 16.0. The van der Waals surface area contributed by atoms with Gasteiger partial charge in [0.25, 0.3) is 0 Å². The van der Waals surface area contributed by atoms with Gasteiger partial charge in [-0.05, 0) is 31.5 Å². The number of aromatic amines is 1. The number of ether oxygens (including phenoxy) is 2. The molecule has 0 aliphatic rings. The average Bonchev–Trinajstić information content (AvgIpc) is 3.26. The van der Waals surface area contributed by atoms with Crippen molar-refractivity contribution in [2.75, 3.05) is 11.4 Å². The van der Waals surface area contributed by atoms with Crippen molar-refractivity contribution < 1.29 is 19.4 Å². The highest BCUT2D eigenvalue weighted by Gasteiger charge is 2.25. The molecule has 7 nitrogen and oxygen atoms in total. The smallest absolute Gasteiger partial charge is 0.414 e. The van der Waals surface area contributed by atoms with Crippen LogP contribution in [0.1, 0.15) is 31.1 Å². The topological polar surface area (TPSA) is 87.7 Å². The normalized spacial score (nSPS) is 12.0. The molecule has 2 aromatic carbocycles. The van der Waals surface area contributed by atoms with Gasteiger partial charge in [-0.15, -0.1) is 0 Å². The average molecular weight is 446 g/mol. The number of nitrogens with one attached hydrogen (secondary N) is 1. The molecule has 0 unspecified atom stereocenters. The maximum atomic E-state index is 13.0. The first-order valence-corrected chi connectivity index (χ1v) is 10.9. The van der Waals surface area contributed by atoms with E-state index in [1.165, 1.54) is 4.90 Å². The Kier molecular flexibility index (Phi) is 6.90. The van der Waals surface area contributed by atoms with Crippen LogP contribution in [0.25, 0.3) is 10.9 Å². The molecule has 0 aliphatic heterocycles. The number of nitrogens with zero attached hydrogens (tertiary/aromatic N) is 2. The minimum Gasteiger partial charge on any atom is -0.487 e. The first kappa shape index (κ1) is 22.4. The number of carbonyl (C=O) groups is 1. The fourth-order valence-electron chi connectivity index (χ4n) is 3.58. The Labute approximate surface area is 192 Å².